The zero-order valence-corrected chi connectivity index (χ0v) is 12.6. The highest BCUT2D eigenvalue weighted by Gasteiger charge is 2.17. The number of hydrogen-bond donors (Lipinski definition) is 1. The van der Waals surface area contributed by atoms with Crippen molar-refractivity contribution >= 4 is 17.3 Å². The van der Waals surface area contributed by atoms with Gasteiger partial charge in [0.1, 0.15) is 0 Å². The molecule has 1 saturated carbocycles. The fourth-order valence-electron chi connectivity index (χ4n) is 3.14. The number of halogens is 1. The Morgan fingerprint density at radius 3 is 2.68 bits per heavy atom. The summed E-state index contributed by atoms with van der Waals surface area (Å²) in [4.78, 5) is 2.39. The number of anilines is 1. The number of benzene rings is 1. The number of rotatable bonds is 5. The summed E-state index contributed by atoms with van der Waals surface area (Å²) >= 11 is 6.09. The van der Waals surface area contributed by atoms with Crippen LogP contribution in [0.5, 0.6) is 0 Å². The minimum atomic E-state index is 0.671. The molecule has 0 unspecified atom stereocenters. The molecule has 0 saturated heterocycles. The summed E-state index contributed by atoms with van der Waals surface area (Å²) in [6.07, 6.45) is 7.86. The predicted molar refractivity (Wildman–Crippen MR) is 84.1 cm³/mol. The van der Waals surface area contributed by atoms with Gasteiger partial charge in [0, 0.05) is 24.3 Å². The molecule has 0 amide bonds. The van der Waals surface area contributed by atoms with E-state index in [1.807, 2.05) is 6.07 Å². The van der Waals surface area contributed by atoms with Crippen molar-refractivity contribution in [3.8, 4) is 0 Å². The summed E-state index contributed by atoms with van der Waals surface area (Å²) in [7, 11) is 2.19. The molecule has 0 spiro atoms. The molecule has 0 bridgehead atoms. The molecule has 1 aliphatic carbocycles. The van der Waals surface area contributed by atoms with Gasteiger partial charge in [-0.2, -0.15) is 0 Å². The Labute approximate surface area is 121 Å². The van der Waals surface area contributed by atoms with Crippen molar-refractivity contribution < 1.29 is 0 Å². The average Bonchev–Trinajstić information content (AvgIpc) is 2.40. The van der Waals surface area contributed by atoms with Crippen LogP contribution in [0.4, 0.5) is 5.69 Å². The average molecular weight is 281 g/mol. The van der Waals surface area contributed by atoms with Crippen molar-refractivity contribution in [2.75, 3.05) is 25.0 Å². The molecule has 3 heteroatoms. The Bertz CT molecular complexity index is 400. The molecule has 1 aromatic carbocycles. The molecule has 0 aromatic heterocycles. The number of nitrogens with two attached hydrogens (primary N) is 1. The molecule has 19 heavy (non-hydrogen) atoms. The van der Waals surface area contributed by atoms with E-state index >= 15 is 0 Å². The second-order valence-corrected chi connectivity index (χ2v) is 6.13. The smallest absolute Gasteiger partial charge is 0.0410 e. The highest BCUT2D eigenvalue weighted by atomic mass is 35.5. The maximum atomic E-state index is 6.09. The minimum Gasteiger partial charge on any atom is -0.374 e. The number of hydrogen-bond acceptors (Lipinski definition) is 2. The maximum absolute atomic E-state index is 6.09. The second kappa shape index (κ2) is 7.16. The van der Waals surface area contributed by atoms with Gasteiger partial charge in [0.15, 0.2) is 0 Å². The Balaban J connectivity index is 2.06. The van der Waals surface area contributed by atoms with Crippen molar-refractivity contribution in [2.45, 2.75) is 38.5 Å². The summed E-state index contributed by atoms with van der Waals surface area (Å²) < 4.78 is 0. The van der Waals surface area contributed by atoms with Gasteiger partial charge in [-0.15, -0.1) is 0 Å². The highest BCUT2D eigenvalue weighted by Crippen LogP contribution is 2.28. The Morgan fingerprint density at radius 1 is 1.26 bits per heavy atom. The van der Waals surface area contributed by atoms with Crippen molar-refractivity contribution in [2.24, 2.45) is 11.7 Å². The lowest BCUT2D eigenvalue weighted by Gasteiger charge is -2.29. The topological polar surface area (TPSA) is 29.3 Å². The summed E-state index contributed by atoms with van der Waals surface area (Å²) in [5.74, 6) is 0.847. The van der Waals surface area contributed by atoms with Gasteiger partial charge in [-0.3, -0.25) is 0 Å². The molecule has 0 radical (unpaired) electrons. The minimum absolute atomic E-state index is 0.671. The van der Waals surface area contributed by atoms with E-state index in [2.05, 4.69) is 24.1 Å². The van der Waals surface area contributed by atoms with Gasteiger partial charge < -0.3 is 10.6 Å². The third kappa shape index (κ3) is 4.12. The van der Waals surface area contributed by atoms with Crippen LogP contribution in [0, 0.1) is 5.92 Å². The van der Waals surface area contributed by atoms with E-state index in [0.29, 0.717) is 6.54 Å². The molecular weight excluding hydrogens is 256 g/mol. The van der Waals surface area contributed by atoms with Crippen LogP contribution in [0.15, 0.2) is 18.2 Å². The van der Waals surface area contributed by atoms with Gasteiger partial charge in [-0.25, -0.2) is 0 Å². The molecule has 0 heterocycles. The quantitative estimate of drug-likeness (QED) is 0.887. The molecule has 2 nitrogen and oxygen atoms in total. The van der Waals surface area contributed by atoms with Gasteiger partial charge in [0.2, 0.25) is 0 Å². The van der Waals surface area contributed by atoms with E-state index in [-0.39, 0.29) is 0 Å². The standard InChI is InChI=1S/C16H25ClN2/c1-19(12-13-5-3-2-4-6-13)16-8-7-15(17)11-14(16)9-10-18/h7-8,11,13H,2-6,9-10,12,18H2,1H3. The van der Waals surface area contributed by atoms with Crippen LogP contribution in [-0.4, -0.2) is 20.1 Å². The summed E-state index contributed by atoms with van der Waals surface area (Å²) in [5, 5.41) is 0.804. The van der Waals surface area contributed by atoms with Crippen LogP contribution in [-0.2, 0) is 6.42 Å². The van der Waals surface area contributed by atoms with Gasteiger partial charge in [0.25, 0.3) is 0 Å². The van der Waals surface area contributed by atoms with Gasteiger partial charge in [0.05, 0.1) is 0 Å². The zero-order valence-electron chi connectivity index (χ0n) is 11.9. The molecule has 1 fully saturated rings. The molecule has 1 aromatic rings. The zero-order chi connectivity index (χ0) is 13.7. The second-order valence-electron chi connectivity index (χ2n) is 5.70. The van der Waals surface area contributed by atoms with E-state index in [1.165, 1.54) is 43.4 Å². The van der Waals surface area contributed by atoms with Crippen molar-refractivity contribution in [3.63, 3.8) is 0 Å². The van der Waals surface area contributed by atoms with E-state index < -0.39 is 0 Å². The first-order valence-electron chi connectivity index (χ1n) is 7.40. The van der Waals surface area contributed by atoms with Gasteiger partial charge in [-0.1, -0.05) is 30.9 Å². The first-order chi connectivity index (χ1) is 9.20. The molecule has 0 aliphatic heterocycles. The van der Waals surface area contributed by atoms with Crippen LogP contribution >= 0.6 is 11.6 Å². The molecule has 0 atom stereocenters. The molecule has 2 rings (SSSR count). The van der Waals surface area contributed by atoms with E-state index in [0.717, 1.165) is 23.9 Å². The Morgan fingerprint density at radius 2 is 2.00 bits per heavy atom. The lowest BCUT2D eigenvalue weighted by molar-refractivity contribution is 0.362. The lowest BCUT2D eigenvalue weighted by Crippen LogP contribution is -2.27. The van der Waals surface area contributed by atoms with Crippen LogP contribution in [0.2, 0.25) is 5.02 Å². The molecule has 1 aliphatic rings. The fourth-order valence-corrected chi connectivity index (χ4v) is 3.33. The van der Waals surface area contributed by atoms with Gasteiger partial charge >= 0.3 is 0 Å². The third-order valence-electron chi connectivity index (χ3n) is 4.12. The van der Waals surface area contributed by atoms with E-state index in [9.17, 15) is 0 Å². The number of nitrogens with zero attached hydrogens (tertiary/aromatic N) is 1. The molecule has 2 N–H and O–H groups in total. The Kier molecular flexibility index (Phi) is 5.53. The first kappa shape index (κ1) is 14.7. The third-order valence-corrected chi connectivity index (χ3v) is 4.36. The van der Waals surface area contributed by atoms with Crippen molar-refractivity contribution in [1.82, 2.24) is 0 Å². The predicted octanol–water partition coefficient (Wildman–Crippen LogP) is 3.86. The normalized spacial score (nSPS) is 16.6. The summed E-state index contributed by atoms with van der Waals surface area (Å²) in [5.41, 5.74) is 8.27. The van der Waals surface area contributed by atoms with E-state index in [1.54, 1.807) is 0 Å². The SMILES string of the molecule is CN(CC1CCCCC1)c1ccc(Cl)cc1CCN. The molecule has 106 valence electrons. The Hall–Kier alpha value is -0.730. The van der Waals surface area contributed by atoms with Crippen LogP contribution < -0.4 is 10.6 Å². The van der Waals surface area contributed by atoms with Crippen molar-refractivity contribution in [3.05, 3.63) is 28.8 Å². The highest BCUT2D eigenvalue weighted by molar-refractivity contribution is 6.30. The summed E-state index contributed by atoms with van der Waals surface area (Å²) in [6.45, 7) is 1.82. The monoisotopic (exact) mass is 280 g/mol. The van der Waals surface area contributed by atoms with E-state index in [4.69, 9.17) is 17.3 Å². The fraction of sp³-hybridized carbons (Fsp3) is 0.625. The first-order valence-corrected chi connectivity index (χ1v) is 7.78. The summed E-state index contributed by atoms with van der Waals surface area (Å²) in [6, 6.07) is 6.17. The van der Waals surface area contributed by atoms with Gasteiger partial charge in [-0.05, 0) is 55.5 Å². The molecular formula is C16H25ClN2. The van der Waals surface area contributed by atoms with Crippen LogP contribution in [0.25, 0.3) is 0 Å². The van der Waals surface area contributed by atoms with Crippen molar-refractivity contribution in [1.29, 1.82) is 0 Å². The lowest BCUT2D eigenvalue weighted by atomic mass is 9.89. The van der Waals surface area contributed by atoms with Crippen LogP contribution in [0.3, 0.4) is 0 Å². The maximum Gasteiger partial charge on any atom is 0.0410 e. The van der Waals surface area contributed by atoms with Crippen LogP contribution in [0.1, 0.15) is 37.7 Å². The largest absolute Gasteiger partial charge is 0.374 e.